The summed E-state index contributed by atoms with van der Waals surface area (Å²) < 4.78 is 0. The molecule has 0 unspecified atom stereocenters. The fourth-order valence-electron chi connectivity index (χ4n) is 4.27. The molecule has 3 heteroatoms. The van der Waals surface area contributed by atoms with Crippen molar-refractivity contribution >= 4 is 23.1 Å². The van der Waals surface area contributed by atoms with Crippen LogP contribution in [0.15, 0.2) is 0 Å². The van der Waals surface area contributed by atoms with Gasteiger partial charge in [0.1, 0.15) is 0 Å². The minimum Gasteiger partial charge on any atom is 2.00 e. The second-order valence-electron chi connectivity index (χ2n) is 7.95. The van der Waals surface area contributed by atoms with Gasteiger partial charge in [-0.1, -0.05) is 0 Å². The molecule has 0 saturated heterocycles. The summed E-state index contributed by atoms with van der Waals surface area (Å²) in [6, 6.07) is 0. The smallest absolute Gasteiger partial charge is 2.00 e. The van der Waals surface area contributed by atoms with Gasteiger partial charge in [0, 0.05) is 0 Å². The van der Waals surface area contributed by atoms with Crippen molar-refractivity contribution in [2.45, 2.75) is 123 Å². The monoisotopic (exact) mass is 438 g/mol. The topological polar surface area (TPSA) is 0 Å². The quantitative estimate of drug-likeness (QED) is 0.237. The van der Waals surface area contributed by atoms with Crippen LogP contribution in [0.25, 0.3) is 0 Å². The first-order valence-corrected chi connectivity index (χ1v) is 23.8. The summed E-state index contributed by atoms with van der Waals surface area (Å²) in [4.78, 5) is 0. The molecule has 23 heavy (non-hydrogen) atoms. The summed E-state index contributed by atoms with van der Waals surface area (Å²) in [7, 11) is 0. The number of hydrogen-bond acceptors (Lipinski definition) is 0. The van der Waals surface area contributed by atoms with Crippen LogP contribution in [0.5, 0.6) is 0 Å². The molecule has 0 fully saturated rings. The van der Waals surface area contributed by atoms with Crippen molar-refractivity contribution in [3.8, 4) is 0 Å². The maximum absolute atomic E-state index is 2.35. The van der Waals surface area contributed by atoms with Gasteiger partial charge in [0.05, 0.1) is 0 Å². The number of unbranched alkanes of at least 4 members (excludes halogenated alkanes) is 2. The molecule has 0 aromatic carbocycles. The molecule has 0 atom stereocenters. The van der Waals surface area contributed by atoms with Gasteiger partial charge in [0.2, 0.25) is 0 Å². The van der Waals surface area contributed by atoms with E-state index in [1.165, 1.54) is 51.4 Å². The number of hydrogen-bond donors (Lipinski definition) is 0. The van der Waals surface area contributed by atoms with E-state index in [1.54, 1.807) is 30.1 Å². The Hall–Kier alpha value is 2.01. The van der Waals surface area contributed by atoms with Gasteiger partial charge < -0.3 is 0 Å². The van der Waals surface area contributed by atoms with E-state index in [0.717, 1.165) is 0 Å². The maximum atomic E-state index is 2.35. The van der Waals surface area contributed by atoms with Gasteiger partial charge in [0.15, 0.2) is 0 Å². The van der Waals surface area contributed by atoms with Crippen LogP contribution < -0.4 is 0 Å². The predicted octanol–water partition coefficient (Wildman–Crippen LogP) is 8.58. The molecule has 132 valence electrons. The van der Waals surface area contributed by atoms with Gasteiger partial charge in [-0.25, -0.2) is 0 Å². The van der Waals surface area contributed by atoms with Crippen LogP contribution >= 0.6 is 0 Å². The van der Waals surface area contributed by atoms with E-state index in [2.05, 4.69) is 41.5 Å². The van der Waals surface area contributed by atoms with Gasteiger partial charge in [-0.05, 0) is 0 Å². The minimum absolute atomic E-state index is 0. The first kappa shape index (κ1) is 29.8. The van der Waals surface area contributed by atoms with E-state index in [4.69, 9.17) is 0 Å². The molecule has 0 aromatic heterocycles. The molecule has 0 aromatic rings. The fourth-order valence-corrected chi connectivity index (χ4v) is 22.2. The van der Waals surface area contributed by atoms with Crippen LogP contribution in [-0.4, -0.2) is 23.1 Å². The van der Waals surface area contributed by atoms with E-state index in [9.17, 15) is 0 Å². The molecule has 0 spiro atoms. The molecule has 0 aliphatic carbocycles. The molecule has 0 aliphatic heterocycles. The average molecular weight is 442 g/mol. The first-order chi connectivity index (χ1) is 10.7. The molecule has 0 aliphatic rings. The van der Waals surface area contributed by atoms with Crippen molar-refractivity contribution in [2.24, 2.45) is 0 Å². The molecule has 0 heterocycles. The Balaban J connectivity index is -0.000000333. The van der Waals surface area contributed by atoms with Crippen molar-refractivity contribution in [2.75, 3.05) is 0 Å². The average Bonchev–Trinajstić information content (AvgIpc) is 2.52. The number of rotatable bonds is 14. The summed E-state index contributed by atoms with van der Waals surface area (Å²) in [5.74, 6) is 0. The Kier molecular flexibility index (Phi) is 34.0. The van der Waals surface area contributed by atoms with Gasteiger partial charge in [-0.3, -0.25) is 0 Å². The van der Waals surface area contributed by atoms with Crippen LogP contribution in [0.4, 0.5) is 0 Å². The molecule has 0 radical (unpaired) electrons. The van der Waals surface area contributed by atoms with Crippen LogP contribution in [-0.2, 0) is 31.9 Å². The van der Waals surface area contributed by atoms with Crippen molar-refractivity contribution in [1.29, 1.82) is 0 Å². The van der Waals surface area contributed by atoms with E-state index in [0.29, 0.717) is 0 Å². The predicted molar refractivity (Wildman–Crippen MR) is 106 cm³/mol. The molecule has 0 rings (SSSR count). The summed E-state index contributed by atoms with van der Waals surface area (Å²) in [5.41, 5.74) is 0. The Morgan fingerprint density at radius 1 is 0.391 bits per heavy atom. The van der Waals surface area contributed by atoms with E-state index in [1.807, 2.05) is 0 Å². The standard InChI is InChI=1S/2C4H9.4C3H7.Mg.2Zn/c2*1-3-4-2;4*1-3-2;;;/h2*1,3-4H2,2H3;4*1,3H2,2H3;;;/q;;;;;;+2;2*-1. The van der Waals surface area contributed by atoms with Gasteiger partial charge in [0.25, 0.3) is 0 Å². The Morgan fingerprint density at radius 2 is 0.652 bits per heavy atom. The van der Waals surface area contributed by atoms with Crippen LogP contribution in [0, 0.1) is 0 Å². The maximum Gasteiger partial charge on any atom is 2.00 e. The second-order valence-corrected chi connectivity index (χ2v) is 25.8. The molecule has 0 bridgehead atoms. The minimum atomic E-state index is -0.893. The summed E-state index contributed by atoms with van der Waals surface area (Å²) in [5, 5.41) is 10.00. The SMILES string of the molecule is CCC[CH2][Zn-]([CH2]CC)[CH2]CC.CCC[CH2][Zn-]([CH2]CC)[CH2]CC.[Mg+2]. The summed E-state index contributed by atoms with van der Waals surface area (Å²) >= 11 is -1.79. The van der Waals surface area contributed by atoms with Crippen molar-refractivity contribution < 1.29 is 31.9 Å². The Bertz CT molecular complexity index is 156. The van der Waals surface area contributed by atoms with Gasteiger partial charge >= 0.3 is 178 Å². The fraction of sp³-hybridized carbons (Fsp3) is 1.00. The van der Waals surface area contributed by atoms with Gasteiger partial charge in [-0.2, -0.15) is 0 Å². The van der Waals surface area contributed by atoms with Crippen molar-refractivity contribution in [3.63, 3.8) is 0 Å². The Morgan fingerprint density at radius 3 is 0.826 bits per heavy atom. The molecule has 0 N–H and O–H groups in total. The van der Waals surface area contributed by atoms with E-state index in [-0.39, 0.29) is 23.1 Å². The van der Waals surface area contributed by atoms with E-state index >= 15 is 0 Å². The van der Waals surface area contributed by atoms with E-state index < -0.39 is 31.9 Å². The largest absolute Gasteiger partial charge is 2.00 e. The van der Waals surface area contributed by atoms with Crippen LogP contribution in [0.1, 0.15) is 92.9 Å². The molecular formula is C20H46MgZn2. The van der Waals surface area contributed by atoms with Crippen molar-refractivity contribution in [1.82, 2.24) is 0 Å². The third-order valence-electron chi connectivity index (χ3n) is 5.62. The zero-order valence-electron chi connectivity index (χ0n) is 18.0. The zero-order chi connectivity index (χ0) is 17.1. The molecule has 0 nitrogen and oxygen atoms in total. The second kappa shape index (κ2) is 26.2. The normalized spacial score (nSPS) is 9.65. The zero-order valence-corrected chi connectivity index (χ0v) is 25.4. The summed E-state index contributed by atoms with van der Waals surface area (Å²) in [6.07, 6.45) is 11.7. The third kappa shape index (κ3) is 24.0. The van der Waals surface area contributed by atoms with Crippen LogP contribution in [0.3, 0.4) is 0 Å². The third-order valence-corrected chi connectivity index (χ3v) is 26.2. The van der Waals surface area contributed by atoms with Crippen LogP contribution in [0.2, 0.25) is 30.1 Å². The summed E-state index contributed by atoms with van der Waals surface area (Å²) in [6.45, 7) is 14.0. The molecule has 0 amide bonds. The van der Waals surface area contributed by atoms with Crippen molar-refractivity contribution in [3.05, 3.63) is 0 Å². The Labute approximate surface area is 176 Å². The molecular weight excluding hydrogens is 395 g/mol. The van der Waals surface area contributed by atoms with Gasteiger partial charge in [-0.15, -0.1) is 0 Å². The first-order valence-electron chi connectivity index (χ1n) is 11.2. The molecule has 0 saturated carbocycles.